The number of hydrogen-bond acceptors (Lipinski definition) is 6. The topological polar surface area (TPSA) is 71.1 Å². The summed E-state index contributed by atoms with van der Waals surface area (Å²) in [6, 6.07) is 16.8. The number of ether oxygens (including phenoxy) is 4. The fourth-order valence-electron chi connectivity index (χ4n) is 2.94. The number of methoxy groups -OCH3 is 3. The number of rotatable bonds is 8. The zero-order chi connectivity index (χ0) is 23.1. The highest BCUT2D eigenvalue weighted by Gasteiger charge is 2.14. The van der Waals surface area contributed by atoms with E-state index in [4.69, 9.17) is 18.9 Å². The Balaban J connectivity index is 1.72. The fourth-order valence-corrected chi connectivity index (χ4v) is 3.39. The summed E-state index contributed by atoms with van der Waals surface area (Å²) in [7, 11) is 4.58. The third-order valence-electron chi connectivity index (χ3n) is 4.56. The van der Waals surface area contributed by atoms with Crippen LogP contribution >= 0.6 is 15.9 Å². The molecule has 0 radical (unpaired) electrons. The minimum atomic E-state index is -0.487. The number of carbonyl (C=O) groups is 2. The lowest BCUT2D eigenvalue weighted by Crippen LogP contribution is -2.09. The van der Waals surface area contributed by atoms with Gasteiger partial charge < -0.3 is 18.9 Å². The van der Waals surface area contributed by atoms with Crippen LogP contribution in [0.1, 0.15) is 26.3 Å². The summed E-state index contributed by atoms with van der Waals surface area (Å²) in [6.07, 6.45) is 3.11. The summed E-state index contributed by atoms with van der Waals surface area (Å²) in [5, 5.41) is 0. The van der Waals surface area contributed by atoms with Crippen LogP contribution in [0.15, 0.2) is 71.2 Å². The van der Waals surface area contributed by atoms with Crippen molar-refractivity contribution in [2.24, 2.45) is 0 Å². The summed E-state index contributed by atoms with van der Waals surface area (Å²) in [5.74, 6) is 1.12. The fraction of sp³-hybridized carbons (Fsp3) is 0.120. The van der Waals surface area contributed by atoms with Gasteiger partial charge in [0.2, 0.25) is 5.75 Å². The van der Waals surface area contributed by atoms with Gasteiger partial charge in [0.25, 0.3) is 0 Å². The van der Waals surface area contributed by atoms with Gasteiger partial charge in [-0.2, -0.15) is 0 Å². The second kappa shape index (κ2) is 10.6. The van der Waals surface area contributed by atoms with E-state index in [1.807, 2.05) is 6.07 Å². The monoisotopic (exact) mass is 496 g/mol. The van der Waals surface area contributed by atoms with Crippen LogP contribution in [-0.2, 0) is 0 Å². The molecule has 3 aromatic rings. The summed E-state index contributed by atoms with van der Waals surface area (Å²) in [4.78, 5) is 24.9. The van der Waals surface area contributed by atoms with E-state index in [0.29, 0.717) is 44.2 Å². The van der Waals surface area contributed by atoms with Gasteiger partial charge in [0.05, 0.1) is 26.9 Å². The molecule has 0 fully saturated rings. The molecule has 32 heavy (non-hydrogen) atoms. The van der Waals surface area contributed by atoms with Crippen LogP contribution < -0.4 is 18.9 Å². The lowest BCUT2D eigenvalue weighted by molar-refractivity contribution is 0.0733. The van der Waals surface area contributed by atoms with Gasteiger partial charge in [-0.25, -0.2) is 4.79 Å². The predicted molar refractivity (Wildman–Crippen MR) is 125 cm³/mol. The molecule has 0 unspecified atom stereocenters. The van der Waals surface area contributed by atoms with Crippen molar-refractivity contribution in [1.29, 1.82) is 0 Å². The Morgan fingerprint density at radius 2 is 1.47 bits per heavy atom. The van der Waals surface area contributed by atoms with E-state index in [9.17, 15) is 9.59 Å². The van der Waals surface area contributed by atoms with Gasteiger partial charge in [0, 0.05) is 10.0 Å². The van der Waals surface area contributed by atoms with Crippen LogP contribution in [-0.4, -0.2) is 33.1 Å². The highest BCUT2D eigenvalue weighted by atomic mass is 79.9. The van der Waals surface area contributed by atoms with E-state index in [0.717, 1.165) is 0 Å². The molecule has 0 heterocycles. The molecule has 0 atom stereocenters. The number of esters is 1. The molecule has 0 aliphatic rings. The van der Waals surface area contributed by atoms with E-state index >= 15 is 0 Å². The average molecular weight is 497 g/mol. The van der Waals surface area contributed by atoms with E-state index < -0.39 is 5.97 Å². The highest BCUT2D eigenvalue weighted by molar-refractivity contribution is 9.10. The van der Waals surface area contributed by atoms with Crippen LogP contribution in [0.2, 0.25) is 0 Å². The molecule has 0 saturated carbocycles. The van der Waals surface area contributed by atoms with Crippen molar-refractivity contribution >= 4 is 33.8 Å². The smallest absolute Gasteiger partial charge is 0.344 e. The number of allylic oxidation sites excluding steroid dienone is 1. The molecule has 0 aliphatic heterocycles. The molecule has 0 aliphatic carbocycles. The first-order chi connectivity index (χ1) is 15.5. The third kappa shape index (κ3) is 5.36. The second-order valence-corrected chi connectivity index (χ2v) is 7.40. The number of benzene rings is 3. The lowest BCUT2D eigenvalue weighted by atomic mass is 10.1. The first kappa shape index (κ1) is 23.1. The van der Waals surface area contributed by atoms with Crippen molar-refractivity contribution in [2.45, 2.75) is 0 Å². The summed E-state index contributed by atoms with van der Waals surface area (Å²) in [5.41, 5.74) is 1.59. The Morgan fingerprint density at radius 3 is 2.03 bits per heavy atom. The quantitative estimate of drug-likeness (QED) is 0.175. The molecule has 3 aromatic carbocycles. The number of hydrogen-bond donors (Lipinski definition) is 0. The normalized spacial score (nSPS) is 10.6. The zero-order valence-corrected chi connectivity index (χ0v) is 19.3. The van der Waals surface area contributed by atoms with Crippen molar-refractivity contribution in [3.63, 3.8) is 0 Å². The summed E-state index contributed by atoms with van der Waals surface area (Å²) < 4.78 is 22.0. The first-order valence-corrected chi connectivity index (χ1v) is 10.3. The average Bonchev–Trinajstić information content (AvgIpc) is 2.82. The van der Waals surface area contributed by atoms with E-state index in [1.165, 1.54) is 27.4 Å². The lowest BCUT2D eigenvalue weighted by Gasteiger charge is -2.12. The van der Waals surface area contributed by atoms with Gasteiger partial charge in [-0.1, -0.05) is 18.2 Å². The Kier molecular flexibility index (Phi) is 7.68. The molecule has 164 valence electrons. The van der Waals surface area contributed by atoms with Crippen molar-refractivity contribution < 1.29 is 28.5 Å². The van der Waals surface area contributed by atoms with Crippen LogP contribution in [0.3, 0.4) is 0 Å². The van der Waals surface area contributed by atoms with Crippen LogP contribution in [0.25, 0.3) is 6.08 Å². The number of halogens is 1. The van der Waals surface area contributed by atoms with Gasteiger partial charge in [-0.05, 0) is 76.1 Å². The van der Waals surface area contributed by atoms with E-state index in [2.05, 4.69) is 15.9 Å². The summed E-state index contributed by atoms with van der Waals surface area (Å²) in [6.45, 7) is 0. The zero-order valence-electron chi connectivity index (χ0n) is 17.8. The van der Waals surface area contributed by atoms with Gasteiger partial charge in [-0.3, -0.25) is 4.79 Å². The number of ketones is 1. The molecule has 0 spiro atoms. The van der Waals surface area contributed by atoms with E-state index in [-0.39, 0.29) is 5.78 Å². The molecular formula is C25H21BrO6. The minimum absolute atomic E-state index is 0.206. The van der Waals surface area contributed by atoms with Crippen LogP contribution in [0, 0.1) is 0 Å². The molecule has 0 bridgehead atoms. The Morgan fingerprint density at radius 1 is 0.844 bits per heavy atom. The van der Waals surface area contributed by atoms with Gasteiger partial charge in [0.15, 0.2) is 17.3 Å². The maximum atomic E-state index is 12.6. The predicted octanol–water partition coefficient (Wildman–Crippen LogP) is 5.59. The SMILES string of the molecule is COc1cc(C=CC(=O)c2ccc(OC(=O)c3ccccc3Br)cc2)cc(OC)c1OC. The van der Waals surface area contributed by atoms with Crippen molar-refractivity contribution in [2.75, 3.05) is 21.3 Å². The molecule has 0 N–H and O–H groups in total. The first-order valence-electron chi connectivity index (χ1n) is 9.56. The largest absolute Gasteiger partial charge is 0.493 e. The Labute approximate surface area is 194 Å². The summed E-state index contributed by atoms with van der Waals surface area (Å²) >= 11 is 3.33. The van der Waals surface area contributed by atoms with Gasteiger partial charge in [-0.15, -0.1) is 0 Å². The minimum Gasteiger partial charge on any atom is -0.493 e. The molecule has 0 saturated heterocycles. The Hall–Kier alpha value is -3.58. The molecule has 3 rings (SSSR count). The number of carbonyl (C=O) groups excluding carboxylic acids is 2. The van der Waals surface area contributed by atoms with E-state index in [1.54, 1.807) is 60.7 Å². The van der Waals surface area contributed by atoms with Crippen molar-refractivity contribution in [1.82, 2.24) is 0 Å². The molecule has 0 amide bonds. The molecule has 6 nitrogen and oxygen atoms in total. The van der Waals surface area contributed by atoms with Crippen LogP contribution in [0.5, 0.6) is 23.0 Å². The molecular weight excluding hydrogens is 476 g/mol. The van der Waals surface area contributed by atoms with Crippen LogP contribution in [0.4, 0.5) is 0 Å². The standard InChI is InChI=1S/C25H21BrO6/c1-29-22-14-16(15-23(30-2)24(22)31-3)8-13-21(27)17-9-11-18(12-10-17)32-25(28)19-6-4-5-7-20(19)26/h4-15H,1-3H3. The Bertz CT molecular complexity index is 1130. The maximum Gasteiger partial charge on any atom is 0.344 e. The molecule has 0 aromatic heterocycles. The van der Waals surface area contributed by atoms with Gasteiger partial charge >= 0.3 is 5.97 Å². The van der Waals surface area contributed by atoms with Crippen molar-refractivity contribution in [3.05, 3.63) is 87.9 Å². The van der Waals surface area contributed by atoms with Gasteiger partial charge in [0.1, 0.15) is 5.75 Å². The highest BCUT2D eigenvalue weighted by Crippen LogP contribution is 2.38. The maximum absolute atomic E-state index is 12.6. The molecule has 7 heteroatoms. The third-order valence-corrected chi connectivity index (χ3v) is 5.25. The van der Waals surface area contributed by atoms with Crippen molar-refractivity contribution in [3.8, 4) is 23.0 Å². The second-order valence-electron chi connectivity index (χ2n) is 6.55.